The van der Waals surface area contributed by atoms with Crippen molar-refractivity contribution in [3.8, 4) is 0 Å². The fraction of sp³-hybridized carbons (Fsp3) is 0.917. The summed E-state index contributed by atoms with van der Waals surface area (Å²) in [5, 5.41) is 3.49. The van der Waals surface area contributed by atoms with Crippen LogP contribution >= 0.6 is 0 Å². The van der Waals surface area contributed by atoms with E-state index in [1.807, 2.05) is 0 Å². The Morgan fingerprint density at radius 2 is 2.19 bits per heavy atom. The van der Waals surface area contributed by atoms with Crippen LogP contribution in [0.2, 0.25) is 0 Å². The summed E-state index contributed by atoms with van der Waals surface area (Å²) in [6, 6.07) is 0.605. The summed E-state index contributed by atoms with van der Waals surface area (Å²) in [6.45, 7) is 6.01. The van der Waals surface area contributed by atoms with Crippen LogP contribution in [0.5, 0.6) is 0 Å². The molecule has 1 aliphatic carbocycles. The number of carbonyl (C=O) groups is 1. The summed E-state index contributed by atoms with van der Waals surface area (Å²) < 4.78 is 5.11. The Balaban J connectivity index is 2.06. The second-order valence-corrected chi connectivity index (χ2v) is 4.98. The maximum absolute atomic E-state index is 10.4. The first-order valence-electron chi connectivity index (χ1n) is 6.19. The van der Waals surface area contributed by atoms with Crippen LogP contribution < -0.4 is 11.1 Å². The van der Waals surface area contributed by atoms with Gasteiger partial charge in [-0.25, -0.2) is 0 Å². The average molecular weight is 228 g/mol. The van der Waals surface area contributed by atoms with Gasteiger partial charge in [-0.2, -0.15) is 0 Å². The number of nitrogens with one attached hydrogen (secondary N) is 1. The van der Waals surface area contributed by atoms with Gasteiger partial charge in [-0.05, 0) is 31.1 Å². The van der Waals surface area contributed by atoms with Crippen LogP contribution in [0.3, 0.4) is 0 Å². The molecule has 0 aliphatic heterocycles. The molecule has 1 fully saturated rings. The summed E-state index contributed by atoms with van der Waals surface area (Å²) in [5.74, 6) is 1.19. The van der Waals surface area contributed by atoms with Crippen molar-refractivity contribution >= 4 is 5.91 Å². The maximum Gasteiger partial charge on any atom is 0.243 e. The highest BCUT2D eigenvalue weighted by molar-refractivity contribution is 5.74. The number of rotatable bonds is 6. The first kappa shape index (κ1) is 13.5. The molecule has 1 saturated carbocycles. The molecular weight excluding hydrogens is 204 g/mol. The van der Waals surface area contributed by atoms with Crippen molar-refractivity contribution in [2.45, 2.75) is 39.2 Å². The predicted octanol–water partition coefficient (Wildman–Crippen LogP) is 0.903. The number of carbonyl (C=O) groups excluding carboxylic acids is 1. The molecule has 16 heavy (non-hydrogen) atoms. The van der Waals surface area contributed by atoms with Crippen LogP contribution in [0.4, 0.5) is 0 Å². The smallest absolute Gasteiger partial charge is 0.243 e. The molecule has 3 unspecified atom stereocenters. The van der Waals surface area contributed by atoms with Crippen LogP contribution in [-0.2, 0) is 9.53 Å². The Kier molecular flexibility index (Phi) is 5.77. The van der Waals surface area contributed by atoms with E-state index < -0.39 is 5.91 Å². The molecule has 0 aromatic carbocycles. The number of nitrogens with two attached hydrogens (primary N) is 1. The average Bonchev–Trinajstić information content (AvgIpc) is 2.20. The summed E-state index contributed by atoms with van der Waals surface area (Å²) in [4.78, 5) is 10.4. The zero-order chi connectivity index (χ0) is 12.0. The van der Waals surface area contributed by atoms with Gasteiger partial charge < -0.3 is 15.8 Å². The van der Waals surface area contributed by atoms with Gasteiger partial charge in [-0.15, -0.1) is 0 Å². The molecule has 1 rings (SSSR count). The fourth-order valence-electron chi connectivity index (χ4n) is 2.46. The van der Waals surface area contributed by atoms with E-state index in [2.05, 4.69) is 19.2 Å². The van der Waals surface area contributed by atoms with Gasteiger partial charge in [0.05, 0.1) is 6.61 Å². The molecular formula is C12H24N2O2. The van der Waals surface area contributed by atoms with Crippen LogP contribution in [0.25, 0.3) is 0 Å². The number of amides is 1. The molecule has 0 saturated heterocycles. The van der Waals surface area contributed by atoms with E-state index in [1.165, 1.54) is 19.3 Å². The Labute approximate surface area is 97.9 Å². The van der Waals surface area contributed by atoms with Crippen molar-refractivity contribution in [2.75, 3.05) is 19.8 Å². The fourth-order valence-corrected chi connectivity index (χ4v) is 2.46. The number of hydrogen-bond donors (Lipinski definition) is 2. The molecule has 4 heteroatoms. The normalized spacial score (nSPS) is 30.2. The number of primary amides is 1. The zero-order valence-corrected chi connectivity index (χ0v) is 10.4. The van der Waals surface area contributed by atoms with Crippen molar-refractivity contribution in [3.05, 3.63) is 0 Å². The molecule has 0 heterocycles. The van der Waals surface area contributed by atoms with E-state index in [0.717, 1.165) is 18.4 Å². The standard InChI is InChI=1S/C12H24N2O2/c1-9-3-4-11(10(2)7-9)14-5-6-16-8-12(13)15/h9-11,14H,3-8H2,1-2H3,(H2,13,15). The van der Waals surface area contributed by atoms with Crippen molar-refractivity contribution in [1.29, 1.82) is 0 Å². The lowest BCUT2D eigenvalue weighted by Gasteiger charge is -2.33. The highest BCUT2D eigenvalue weighted by atomic mass is 16.5. The summed E-state index contributed by atoms with van der Waals surface area (Å²) >= 11 is 0. The minimum atomic E-state index is -0.403. The third kappa shape index (κ3) is 4.94. The van der Waals surface area contributed by atoms with Gasteiger partial charge in [0, 0.05) is 12.6 Å². The first-order chi connectivity index (χ1) is 7.59. The Morgan fingerprint density at radius 1 is 1.44 bits per heavy atom. The predicted molar refractivity (Wildman–Crippen MR) is 64.0 cm³/mol. The third-order valence-electron chi connectivity index (χ3n) is 3.33. The van der Waals surface area contributed by atoms with Crippen molar-refractivity contribution < 1.29 is 9.53 Å². The lowest BCUT2D eigenvalue weighted by molar-refractivity contribution is -0.122. The highest BCUT2D eigenvalue weighted by Crippen LogP contribution is 2.28. The summed E-state index contributed by atoms with van der Waals surface area (Å²) in [7, 11) is 0. The summed E-state index contributed by atoms with van der Waals surface area (Å²) in [6.07, 6.45) is 3.86. The van der Waals surface area contributed by atoms with Gasteiger partial charge in [0.2, 0.25) is 5.91 Å². The molecule has 3 atom stereocenters. The van der Waals surface area contributed by atoms with Crippen molar-refractivity contribution in [1.82, 2.24) is 5.32 Å². The molecule has 94 valence electrons. The molecule has 1 amide bonds. The molecule has 0 aromatic heterocycles. The van der Waals surface area contributed by atoms with E-state index in [9.17, 15) is 4.79 Å². The minimum Gasteiger partial charge on any atom is -0.370 e. The van der Waals surface area contributed by atoms with E-state index in [0.29, 0.717) is 12.6 Å². The quantitative estimate of drug-likeness (QED) is 0.664. The maximum atomic E-state index is 10.4. The van der Waals surface area contributed by atoms with Gasteiger partial charge >= 0.3 is 0 Å². The molecule has 4 nitrogen and oxygen atoms in total. The van der Waals surface area contributed by atoms with Crippen molar-refractivity contribution in [3.63, 3.8) is 0 Å². The second kappa shape index (κ2) is 6.86. The third-order valence-corrected chi connectivity index (χ3v) is 3.33. The largest absolute Gasteiger partial charge is 0.370 e. The van der Waals surface area contributed by atoms with Crippen molar-refractivity contribution in [2.24, 2.45) is 17.6 Å². The van der Waals surface area contributed by atoms with E-state index >= 15 is 0 Å². The molecule has 0 bridgehead atoms. The topological polar surface area (TPSA) is 64.3 Å². The van der Waals surface area contributed by atoms with Gasteiger partial charge in [-0.1, -0.05) is 13.8 Å². The molecule has 1 aliphatic rings. The van der Waals surface area contributed by atoms with E-state index in [-0.39, 0.29) is 6.61 Å². The van der Waals surface area contributed by atoms with Crippen LogP contribution in [0, 0.1) is 11.8 Å². The molecule has 0 spiro atoms. The van der Waals surface area contributed by atoms with E-state index in [4.69, 9.17) is 10.5 Å². The zero-order valence-electron chi connectivity index (χ0n) is 10.4. The van der Waals surface area contributed by atoms with Crippen LogP contribution in [-0.4, -0.2) is 31.7 Å². The van der Waals surface area contributed by atoms with Gasteiger partial charge in [0.1, 0.15) is 6.61 Å². The number of ether oxygens (including phenoxy) is 1. The minimum absolute atomic E-state index is 0.0267. The SMILES string of the molecule is CC1CCC(NCCOCC(N)=O)C(C)C1. The van der Waals surface area contributed by atoms with Gasteiger partial charge in [0.25, 0.3) is 0 Å². The van der Waals surface area contributed by atoms with Crippen LogP contribution in [0.1, 0.15) is 33.1 Å². The lowest BCUT2D eigenvalue weighted by Crippen LogP contribution is -2.40. The lowest BCUT2D eigenvalue weighted by atomic mass is 9.80. The molecule has 0 aromatic rings. The Hall–Kier alpha value is -0.610. The monoisotopic (exact) mass is 228 g/mol. The first-order valence-corrected chi connectivity index (χ1v) is 6.19. The number of hydrogen-bond acceptors (Lipinski definition) is 3. The van der Waals surface area contributed by atoms with Gasteiger partial charge in [0.15, 0.2) is 0 Å². The van der Waals surface area contributed by atoms with Gasteiger partial charge in [-0.3, -0.25) is 4.79 Å². The second-order valence-electron chi connectivity index (χ2n) is 4.98. The highest BCUT2D eigenvalue weighted by Gasteiger charge is 2.24. The van der Waals surface area contributed by atoms with E-state index in [1.54, 1.807) is 0 Å². The Morgan fingerprint density at radius 3 is 2.81 bits per heavy atom. The molecule has 3 N–H and O–H groups in total. The Bertz CT molecular complexity index is 221. The summed E-state index contributed by atoms with van der Waals surface area (Å²) in [5.41, 5.74) is 4.97. The van der Waals surface area contributed by atoms with Crippen LogP contribution in [0.15, 0.2) is 0 Å². The molecule has 0 radical (unpaired) electrons.